The van der Waals surface area contributed by atoms with Crippen LogP contribution in [-0.2, 0) is 14.3 Å². The second-order valence-corrected chi connectivity index (χ2v) is 9.53. The Hall–Kier alpha value is -3.14. The predicted octanol–water partition coefficient (Wildman–Crippen LogP) is 4.64. The zero-order valence-corrected chi connectivity index (χ0v) is 20.8. The fraction of sp³-hybridized carbons (Fsp3) is 0.519. The topological polar surface area (TPSA) is 80.8 Å². The van der Waals surface area contributed by atoms with Gasteiger partial charge in [0, 0.05) is 18.0 Å². The number of carbonyl (C=O) groups excluding carboxylic acids is 2. The van der Waals surface area contributed by atoms with E-state index in [0.717, 1.165) is 35.6 Å². The number of rotatable bonds is 1. The van der Waals surface area contributed by atoms with E-state index in [1.165, 1.54) is 12.0 Å². The highest BCUT2D eigenvalue weighted by Crippen LogP contribution is 2.30. The van der Waals surface area contributed by atoms with Gasteiger partial charge in [-0.3, -0.25) is 10.1 Å². The molecule has 4 bridgehead atoms. The molecule has 4 rings (SSSR count). The molecule has 0 saturated carbocycles. The average molecular weight is 520 g/mol. The van der Waals surface area contributed by atoms with Gasteiger partial charge in [0.1, 0.15) is 18.2 Å². The number of methoxy groups -OCH3 is 1. The maximum atomic E-state index is 13.6. The molecule has 2 aliphatic heterocycles. The highest BCUT2D eigenvalue weighted by Gasteiger charge is 2.43. The average Bonchev–Trinajstić information content (AvgIpc) is 3.29. The van der Waals surface area contributed by atoms with Crippen molar-refractivity contribution in [3.8, 4) is 5.88 Å². The van der Waals surface area contributed by atoms with E-state index in [0.29, 0.717) is 18.7 Å². The summed E-state index contributed by atoms with van der Waals surface area (Å²) in [5.74, 6) is -0.868. The molecular weight excluding hydrogens is 487 g/mol. The number of benzene rings is 1. The Morgan fingerprint density at radius 1 is 1.19 bits per heavy atom. The fourth-order valence-corrected chi connectivity index (χ4v) is 4.91. The summed E-state index contributed by atoms with van der Waals surface area (Å²) >= 11 is 0. The van der Waals surface area contributed by atoms with Crippen LogP contribution in [0.4, 0.5) is 13.2 Å². The summed E-state index contributed by atoms with van der Waals surface area (Å²) in [5, 5.41) is 4.11. The molecule has 0 spiro atoms. The number of carbonyl (C=O) groups is 2. The highest BCUT2D eigenvalue weighted by atomic mass is 19.4. The SMILES string of the molecule is COC(=O)[C@@H]1C[C@@H]2CN1C(=O)CNC(C(F)(F)F)CCCCCC/C=C\c1ccc3ccnc(c3c1)O2. The van der Waals surface area contributed by atoms with Crippen molar-refractivity contribution >= 4 is 28.7 Å². The van der Waals surface area contributed by atoms with E-state index in [4.69, 9.17) is 9.47 Å². The first-order valence-electron chi connectivity index (χ1n) is 12.7. The summed E-state index contributed by atoms with van der Waals surface area (Å²) in [6, 6.07) is 5.11. The molecule has 10 heteroatoms. The standard InChI is InChI=1S/C27H32F3N3O4/c1-36-26(35)22-15-20-17-33(22)24(34)16-32-23(27(28,29)30)9-7-5-3-2-4-6-8-18-10-11-19-12-13-31-25(37-20)21(19)14-18/h6,8,10-14,20,22-23,32H,2-5,7,9,15-17H2,1H3/b8-6-/t20-,22+,23?/m1/s1. The molecule has 1 amide bonds. The number of pyridine rings is 1. The van der Waals surface area contributed by atoms with Crippen LogP contribution >= 0.6 is 0 Å². The van der Waals surface area contributed by atoms with Crippen molar-refractivity contribution in [3.05, 3.63) is 42.1 Å². The summed E-state index contributed by atoms with van der Waals surface area (Å²) < 4.78 is 51.8. The molecule has 7 nitrogen and oxygen atoms in total. The zero-order chi connectivity index (χ0) is 26.4. The number of alkyl halides is 3. The van der Waals surface area contributed by atoms with E-state index in [1.54, 1.807) is 6.20 Å². The van der Waals surface area contributed by atoms with Crippen LogP contribution in [0.3, 0.4) is 0 Å². The molecule has 0 radical (unpaired) electrons. The molecule has 1 fully saturated rings. The van der Waals surface area contributed by atoms with Gasteiger partial charge in [0.2, 0.25) is 11.8 Å². The molecule has 1 saturated heterocycles. The van der Waals surface area contributed by atoms with Gasteiger partial charge in [-0.2, -0.15) is 13.2 Å². The van der Waals surface area contributed by atoms with Crippen molar-refractivity contribution in [1.29, 1.82) is 0 Å². The Morgan fingerprint density at radius 3 is 2.78 bits per heavy atom. The van der Waals surface area contributed by atoms with E-state index in [9.17, 15) is 22.8 Å². The van der Waals surface area contributed by atoms with Gasteiger partial charge in [0.15, 0.2) is 0 Å². The lowest BCUT2D eigenvalue weighted by atomic mass is 10.0. The minimum Gasteiger partial charge on any atom is -0.472 e. The van der Waals surface area contributed by atoms with Crippen molar-refractivity contribution in [2.24, 2.45) is 0 Å². The van der Waals surface area contributed by atoms with Crippen LogP contribution in [0.25, 0.3) is 16.8 Å². The number of fused-ring (bicyclic) bond motifs is 3. The summed E-state index contributed by atoms with van der Waals surface area (Å²) in [5.41, 5.74) is 0.981. The number of nitrogens with zero attached hydrogens (tertiary/aromatic N) is 2. The number of aromatic nitrogens is 1. The second-order valence-electron chi connectivity index (χ2n) is 9.53. The molecule has 1 aromatic heterocycles. The molecule has 200 valence electrons. The molecule has 1 unspecified atom stereocenters. The number of allylic oxidation sites excluding steroid dienone is 1. The maximum absolute atomic E-state index is 13.6. The van der Waals surface area contributed by atoms with Gasteiger partial charge < -0.3 is 14.4 Å². The first-order valence-corrected chi connectivity index (χ1v) is 12.7. The molecule has 2 aromatic rings. The van der Waals surface area contributed by atoms with Crippen LogP contribution < -0.4 is 10.1 Å². The Kier molecular flexibility index (Phi) is 8.68. The second kappa shape index (κ2) is 11.9. The molecular formula is C27H32F3N3O4. The summed E-state index contributed by atoms with van der Waals surface area (Å²) in [7, 11) is 1.21. The van der Waals surface area contributed by atoms with Crippen LogP contribution in [0.1, 0.15) is 50.5 Å². The molecule has 2 aliphatic rings. The third-order valence-electron chi connectivity index (χ3n) is 6.91. The number of hydrogen-bond acceptors (Lipinski definition) is 6. The Labute approximate surface area is 214 Å². The van der Waals surface area contributed by atoms with Gasteiger partial charge in [-0.1, -0.05) is 43.5 Å². The van der Waals surface area contributed by atoms with E-state index in [1.807, 2.05) is 30.3 Å². The lowest BCUT2D eigenvalue weighted by Gasteiger charge is -2.25. The number of amides is 1. The lowest BCUT2D eigenvalue weighted by Crippen LogP contribution is -2.50. The maximum Gasteiger partial charge on any atom is 0.403 e. The first-order chi connectivity index (χ1) is 17.8. The van der Waals surface area contributed by atoms with Crippen LogP contribution in [0.15, 0.2) is 36.5 Å². The minimum atomic E-state index is -4.48. The van der Waals surface area contributed by atoms with Crippen molar-refractivity contribution < 1.29 is 32.2 Å². The summed E-state index contributed by atoms with van der Waals surface area (Å²) in [6.07, 6.45) is 4.32. The molecule has 37 heavy (non-hydrogen) atoms. The van der Waals surface area contributed by atoms with E-state index < -0.39 is 42.8 Å². The van der Waals surface area contributed by atoms with Crippen molar-refractivity contribution in [2.75, 3.05) is 20.2 Å². The van der Waals surface area contributed by atoms with E-state index in [-0.39, 0.29) is 19.4 Å². The van der Waals surface area contributed by atoms with Gasteiger partial charge in [-0.15, -0.1) is 0 Å². The first kappa shape index (κ1) is 26.9. The quantitative estimate of drug-likeness (QED) is 0.553. The van der Waals surface area contributed by atoms with Crippen molar-refractivity contribution in [2.45, 2.75) is 69.3 Å². The van der Waals surface area contributed by atoms with Crippen molar-refractivity contribution in [3.63, 3.8) is 0 Å². The van der Waals surface area contributed by atoms with Gasteiger partial charge in [0.05, 0.1) is 20.2 Å². The fourth-order valence-electron chi connectivity index (χ4n) is 4.91. The Morgan fingerprint density at radius 2 is 2.00 bits per heavy atom. The number of ether oxygens (including phenoxy) is 2. The van der Waals surface area contributed by atoms with Gasteiger partial charge >= 0.3 is 12.1 Å². The molecule has 0 aliphatic carbocycles. The normalized spacial score (nSPS) is 25.0. The molecule has 1 N–H and O–H groups in total. The predicted molar refractivity (Wildman–Crippen MR) is 133 cm³/mol. The Bertz CT molecular complexity index is 1140. The van der Waals surface area contributed by atoms with Gasteiger partial charge in [0.25, 0.3) is 0 Å². The molecule has 3 atom stereocenters. The minimum absolute atomic E-state index is 0.0363. The monoisotopic (exact) mass is 519 g/mol. The van der Waals surface area contributed by atoms with Gasteiger partial charge in [-0.25, -0.2) is 9.78 Å². The van der Waals surface area contributed by atoms with E-state index in [2.05, 4.69) is 16.4 Å². The molecule has 3 heterocycles. The van der Waals surface area contributed by atoms with Gasteiger partial charge in [-0.05, 0) is 42.3 Å². The van der Waals surface area contributed by atoms with Crippen LogP contribution in [-0.4, -0.2) is 66.3 Å². The lowest BCUT2D eigenvalue weighted by molar-refractivity contribution is -0.160. The number of halogens is 3. The number of esters is 1. The van der Waals surface area contributed by atoms with Crippen molar-refractivity contribution in [1.82, 2.24) is 15.2 Å². The Balaban J connectivity index is 1.62. The summed E-state index contributed by atoms with van der Waals surface area (Å²) in [4.78, 5) is 31.1. The van der Waals surface area contributed by atoms with E-state index >= 15 is 0 Å². The highest BCUT2D eigenvalue weighted by molar-refractivity contribution is 5.89. The van der Waals surface area contributed by atoms with Crippen LogP contribution in [0.2, 0.25) is 0 Å². The third kappa shape index (κ3) is 6.80. The van der Waals surface area contributed by atoms with Crippen LogP contribution in [0.5, 0.6) is 5.88 Å². The number of hydrogen-bond donors (Lipinski definition) is 1. The zero-order valence-electron chi connectivity index (χ0n) is 20.8. The number of nitrogens with one attached hydrogen (secondary N) is 1. The van der Waals surface area contributed by atoms with Crippen LogP contribution in [0, 0.1) is 0 Å². The smallest absolute Gasteiger partial charge is 0.403 e. The third-order valence-corrected chi connectivity index (χ3v) is 6.91. The molecule has 1 aromatic carbocycles. The summed E-state index contributed by atoms with van der Waals surface area (Å²) in [6.45, 7) is -0.500. The largest absolute Gasteiger partial charge is 0.472 e.